The molecule has 90 valence electrons. The molecule has 1 heterocycles. The molecule has 0 unspecified atom stereocenters. The van der Waals surface area contributed by atoms with Crippen molar-refractivity contribution in [1.29, 1.82) is 0 Å². The zero-order chi connectivity index (χ0) is 11.7. The maximum atomic E-state index is 9.39. The van der Waals surface area contributed by atoms with Crippen molar-refractivity contribution in [1.82, 2.24) is 4.90 Å². The summed E-state index contributed by atoms with van der Waals surface area (Å²) in [5.41, 5.74) is 0. The van der Waals surface area contributed by atoms with Crippen LogP contribution >= 0.6 is 0 Å². The largest absolute Gasteiger partial charge is 0.465 e. The Labute approximate surface area is 92.5 Å². The lowest BCUT2D eigenvalue weighted by Gasteiger charge is -2.29. The molecule has 1 saturated heterocycles. The summed E-state index contributed by atoms with van der Waals surface area (Å²) >= 11 is 0. The van der Waals surface area contributed by atoms with Gasteiger partial charge in [0, 0.05) is 19.1 Å². The predicted octanol–water partition coefficient (Wildman–Crippen LogP) is 1.29. The first-order valence-electron chi connectivity index (χ1n) is 5.48. The molecule has 0 radical (unpaired) electrons. The van der Waals surface area contributed by atoms with Crippen LogP contribution in [0.25, 0.3) is 0 Å². The fraction of sp³-hybridized carbons (Fsp3) is 0.909. The summed E-state index contributed by atoms with van der Waals surface area (Å²) in [5, 5.41) is 0. The van der Waals surface area contributed by atoms with E-state index in [2.05, 4.69) is 23.5 Å². The second kappa shape index (κ2) is 8.68. The summed E-state index contributed by atoms with van der Waals surface area (Å²) in [4.78, 5) is 11.8. The standard InChI is InChI=1S/C7H15NO.C4H8O2/c1-7(2)8-3-5-9-6-4-8;1-4(2)6-3-5/h7H,3-6H2,1-2H3;3-4H,1-2H3. The van der Waals surface area contributed by atoms with Gasteiger partial charge in [0.2, 0.25) is 0 Å². The van der Waals surface area contributed by atoms with E-state index in [1.54, 1.807) is 13.8 Å². The monoisotopic (exact) mass is 217 g/mol. The normalized spacial score (nSPS) is 17.2. The van der Waals surface area contributed by atoms with Crippen LogP contribution in [-0.4, -0.2) is 49.8 Å². The van der Waals surface area contributed by atoms with Gasteiger partial charge in [-0.1, -0.05) is 0 Å². The van der Waals surface area contributed by atoms with Crippen molar-refractivity contribution in [2.45, 2.75) is 39.8 Å². The highest BCUT2D eigenvalue weighted by Gasteiger charge is 2.11. The van der Waals surface area contributed by atoms with E-state index >= 15 is 0 Å². The maximum Gasteiger partial charge on any atom is 0.293 e. The second-order valence-electron chi connectivity index (χ2n) is 4.02. The summed E-state index contributed by atoms with van der Waals surface area (Å²) in [6.45, 7) is 12.6. The molecule has 0 aromatic carbocycles. The third kappa shape index (κ3) is 8.39. The molecule has 0 N–H and O–H groups in total. The fourth-order valence-corrected chi connectivity index (χ4v) is 1.20. The van der Waals surface area contributed by atoms with E-state index in [1.165, 1.54) is 0 Å². The molecule has 15 heavy (non-hydrogen) atoms. The predicted molar refractivity (Wildman–Crippen MR) is 59.8 cm³/mol. The molecule has 1 aliphatic rings. The molecule has 0 aromatic rings. The average Bonchev–Trinajstić information content (AvgIpc) is 2.20. The Bertz CT molecular complexity index is 154. The van der Waals surface area contributed by atoms with Crippen molar-refractivity contribution in [2.75, 3.05) is 26.3 Å². The van der Waals surface area contributed by atoms with Gasteiger partial charge in [-0.15, -0.1) is 0 Å². The zero-order valence-corrected chi connectivity index (χ0v) is 10.2. The minimum atomic E-state index is 0.0301. The second-order valence-corrected chi connectivity index (χ2v) is 4.02. The molecule has 0 aliphatic carbocycles. The highest BCUT2D eigenvalue weighted by atomic mass is 16.5. The van der Waals surface area contributed by atoms with Crippen LogP contribution in [0.4, 0.5) is 0 Å². The zero-order valence-electron chi connectivity index (χ0n) is 10.2. The molecule has 1 aliphatic heterocycles. The molecule has 0 spiro atoms. The van der Waals surface area contributed by atoms with Crippen molar-refractivity contribution >= 4 is 6.47 Å². The highest BCUT2D eigenvalue weighted by molar-refractivity contribution is 5.37. The summed E-state index contributed by atoms with van der Waals surface area (Å²) in [6, 6.07) is 0.689. The van der Waals surface area contributed by atoms with Gasteiger partial charge in [-0.25, -0.2) is 0 Å². The quantitative estimate of drug-likeness (QED) is 0.668. The van der Waals surface area contributed by atoms with Gasteiger partial charge in [0.05, 0.1) is 19.3 Å². The number of ether oxygens (including phenoxy) is 2. The van der Waals surface area contributed by atoms with Crippen LogP contribution in [0.5, 0.6) is 0 Å². The molecule has 0 saturated carbocycles. The molecule has 1 rings (SSSR count). The summed E-state index contributed by atoms with van der Waals surface area (Å²) in [7, 11) is 0. The fourth-order valence-electron chi connectivity index (χ4n) is 1.20. The number of rotatable bonds is 3. The number of hydrogen-bond donors (Lipinski definition) is 0. The van der Waals surface area contributed by atoms with Crippen LogP contribution in [0.2, 0.25) is 0 Å². The summed E-state index contributed by atoms with van der Waals surface area (Å²) < 4.78 is 9.57. The lowest BCUT2D eigenvalue weighted by molar-refractivity contribution is -0.131. The lowest BCUT2D eigenvalue weighted by Crippen LogP contribution is -2.40. The minimum absolute atomic E-state index is 0.0301. The first-order chi connectivity index (χ1) is 7.07. The van der Waals surface area contributed by atoms with E-state index in [0.717, 1.165) is 26.3 Å². The Balaban J connectivity index is 0.000000288. The lowest BCUT2D eigenvalue weighted by atomic mass is 10.3. The van der Waals surface area contributed by atoms with E-state index in [9.17, 15) is 4.79 Å². The van der Waals surface area contributed by atoms with Gasteiger partial charge in [0.15, 0.2) is 0 Å². The molecule has 0 bridgehead atoms. The molecular weight excluding hydrogens is 194 g/mol. The highest BCUT2D eigenvalue weighted by Crippen LogP contribution is 2.01. The van der Waals surface area contributed by atoms with Crippen molar-refractivity contribution in [3.05, 3.63) is 0 Å². The number of carbonyl (C=O) groups is 1. The first kappa shape index (κ1) is 14.4. The van der Waals surface area contributed by atoms with Crippen LogP contribution in [0.15, 0.2) is 0 Å². The molecule has 0 amide bonds. The SMILES string of the molecule is CC(C)N1CCOCC1.CC(C)OC=O. The topological polar surface area (TPSA) is 38.8 Å². The molecule has 4 heteroatoms. The van der Waals surface area contributed by atoms with Crippen LogP contribution < -0.4 is 0 Å². The molecule has 4 nitrogen and oxygen atoms in total. The summed E-state index contributed by atoms with van der Waals surface area (Å²) in [6.07, 6.45) is 0.0301. The van der Waals surface area contributed by atoms with Gasteiger partial charge in [0.25, 0.3) is 6.47 Å². The average molecular weight is 217 g/mol. The van der Waals surface area contributed by atoms with E-state index in [0.29, 0.717) is 12.5 Å². The smallest absolute Gasteiger partial charge is 0.293 e. The van der Waals surface area contributed by atoms with E-state index in [-0.39, 0.29) is 6.10 Å². The maximum absolute atomic E-state index is 9.39. The van der Waals surface area contributed by atoms with Gasteiger partial charge < -0.3 is 9.47 Å². The first-order valence-corrected chi connectivity index (χ1v) is 5.48. The van der Waals surface area contributed by atoms with E-state index in [1.807, 2.05) is 0 Å². The van der Waals surface area contributed by atoms with Crippen molar-refractivity contribution in [3.63, 3.8) is 0 Å². The van der Waals surface area contributed by atoms with Gasteiger partial charge in [-0.2, -0.15) is 0 Å². The van der Waals surface area contributed by atoms with Gasteiger partial charge in [-0.3, -0.25) is 9.69 Å². The van der Waals surface area contributed by atoms with E-state index in [4.69, 9.17) is 4.74 Å². The van der Waals surface area contributed by atoms with Crippen molar-refractivity contribution in [3.8, 4) is 0 Å². The van der Waals surface area contributed by atoms with Crippen molar-refractivity contribution in [2.24, 2.45) is 0 Å². The third-order valence-electron chi connectivity index (χ3n) is 2.10. The van der Waals surface area contributed by atoms with Crippen LogP contribution in [0, 0.1) is 0 Å². The Hall–Kier alpha value is -0.610. The van der Waals surface area contributed by atoms with Crippen LogP contribution in [0.1, 0.15) is 27.7 Å². The molecular formula is C11H23NO3. The Morgan fingerprint density at radius 3 is 1.93 bits per heavy atom. The number of morpholine rings is 1. The Kier molecular flexibility index (Phi) is 8.33. The number of hydrogen-bond acceptors (Lipinski definition) is 4. The minimum Gasteiger partial charge on any atom is -0.465 e. The Morgan fingerprint density at radius 2 is 1.73 bits per heavy atom. The summed E-state index contributed by atoms with van der Waals surface area (Å²) in [5.74, 6) is 0. The van der Waals surface area contributed by atoms with E-state index < -0.39 is 0 Å². The van der Waals surface area contributed by atoms with Crippen LogP contribution in [-0.2, 0) is 14.3 Å². The molecule has 0 atom stereocenters. The van der Waals surface area contributed by atoms with Gasteiger partial charge in [-0.05, 0) is 27.7 Å². The Morgan fingerprint density at radius 1 is 1.20 bits per heavy atom. The third-order valence-corrected chi connectivity index (χ3v) is 2.10. The van der Waals surface area contributed by atoms with Crippen LogP contribution in [0.3, 0.4) is 0 Å². The number of nitrogens with zero attached hydrogens (tertiary/aromatic N) is 1. The van der Waals surface area contributed by atoms with Gasteiger partial charge in [0.1, 0.15) is 0 Å². The number of carbonyl (C=O) groups excluding carboxylic acids is 1. The molecule has 0 aromatic heterocycles. The van der Waals surface area contributed by atoms with Gasteiger partial charge >= 0.3 is 0 Å². The van der Waals surface area contributed by atoms with Crippen molar-refractivity contribution < 1.29 is 14.3 Å². The molecule has 1 fully saturated rings.